The molecule has 0 aliphatic carbocycles. The van der Waals surface area contributed by atoms with Gasteiger partial charge in [-0.3, -0.25) is 14.7 Å². The van der Waals surface area contributed by atoms with Gasteiger partial charge >= 0.3 is 11.7 Å². The lowest BCUT2D eigenvalue weighted by Gasteiger charge is -2.44. The van der Waals surface area contributed by atoms with E-state index in [9.17, 15) is 14.4 Å². The molecule has 11 nitrogen and oxygen atoms in total. The Balaban J connectivity index is 1.71. The van der Waals surface area contributed by atoms with Crippen LogP contribution in [0.3, 0.4) is 0 Å². The molecule has 0 radical (unpaired) electrons. The van der Waals surface area contributed by atoms with Crippen molar-refractivity contribution in [1.82, 2.24) is 29.3 Å². The van der Waals surface area contributed by atoms with Crippen LogP contribution in [-0.4, -0.2) is 87.1 Å². The average molecular weight is 671 g/mol. The van der Waals surface area contributed by atoms with Crippen molar-refractivity contribution in [3.8, 4) is 16.9 Å². The van der Waals surface area contributed by atoms with Gasteiger partial charge in [0.15, 0.2) is 11.5 Å². The van der Waals surface area contributed by atoms with E-state index in [4.69, 9.17) is 4.98 Å². The number of benzene rings is 1. The molecule has 1 fully saturated rings. The van der Waals surface area contributed by atoms with E-state index in [-0.39, 0.29) is 64.2 Å². The maximum atomic E-state index is 16.6. The monoisotopic (exact) mass is 670 g/mol. The molecule has 3 amide bonds. The first-order valence-electron chi connectivity index (χ1n) is 16.4. The van der Waals surface area contributed by atoms with Gasteiger partial charge < -0.3 is 14.7 Å². The number of carbonyl (C=O) groups excluding carboxylic acids is 2. The van der Waals surface area contributed by atoms with E-state index in [2.05, 4.69) is 16.5 Å². The fourth-order valence-electron chi connectivity index (χ4n) is 6.90. The highest BCUT2D eigenvalue weighted by Gasteiger charge is 2.35. The van der Waals surface area contributed by atoms with E-state index < -0.39 is 23.4 Å². The van der Waals surface area contributed by atoms with Gasteiger partial charge in [-0.05, 0) is 68.5 Å². The van der Waals surface area contributed by atoms with E-state index in [1.807, 2.05) is 38.7 Å². The third-order valence-corrected chi connectivity index (χ3v) is 9.28. The van der Waals surface area contributed by atoms with E-state index in [0.29, 0.717) is 37.3 Å². The third kappa shape index (κ3) is 5.80. The topological polar surface area (TPSA) is 108 Å². The van der Waals surface area contributed by atoms with Crippen molar-refractivity contribution in [2.45, 2.75) is 58.5 Å². The highest BCUT2D eigenvalue weighted by molar-refractivity contribution is 5.98. The normalized spacial score (nSPS) is 17.8. The zero-order chi connectivity index (χ0) is 35.3. The first-order chi connectivity index (χ1) is 23.3. The highest BCUT2D eigenvalue weighted by atomic mass is 19.1. The Morgan fingerprint density at radius 2 is 1.82 bits per heavy atom. The Labute approximate surface area is 283 Å². The molecular weight excluding hydrogens is 630 g/mol. The molecule has 0 unspecified atom stereocenters. The van der Waals surface area contributed by atoms with Crippen LogP contribution in [0.5, 0.6) is 0 Å². The number of amides is 3. The first kappa shape index (κ1) is 33.7. The molecule has 2 aliphatic heterocycles. The van der Waals surface area contributed by atoms with Crippen molar-refractivity contribution in [2.24, 2.45) is 0 Å². The van der Waals surface area contributed by atoms with Gasteiger partial charge in [-0.2, -0.15) is 4.98 Å². The second kappa shape index (κ2) is 13.0. The zero-order valence-electron chi connectivity index (χ0n) is 28.6. The lowest BCUT2D eigenvalue weighted by molar-refractivity contribution is -0.128. The molecule has 13 heteroatoms. The Kier molecular flexibility index (Phi) is 8.95. The summed E-state index contributed by atoms with van der Waals surface area (Å²) < 4.78 is 33.9. The van der Waals surface area contributed by atoms with Gasteiger partial charge in [-0.25, -0.2) is 27.9 Å². The Hall–Kier alpha value is -5.20. The van der Waals surface area contributed by atoms with Crippen LogP contribution in [0.25, 0.3) is 28.0 Å². The van der Waals surface area contributed by atoms with Crippen LogP contribution in [-0.2, 0) is 11.2 Å². The Morgan fingerprint density at radius 1 is 1.06 bits per heavy atom. The third-order valence-electron chi connectivity index (χ3n) is 9.28. The molecule has 6 rings (SSSR count). The molecule has 0 spiro atoms. The van der Waals surface area contributed by atoms with Crippen LogP contribution in [0.15, 0.2) is 54.0 Å². The number of hydrogen-bond donors (Lipinski definition) is 0. The van der Waals surface area contributed by atoms with Crippen LogP contribution < -0.4 is 15.5 Å². The molecule has 2 aliphatic rings. The molecular formula is C36H40F2N8O3. The number of piperazine rings is 1. The van der Waals surface area contributed by atoms with Crippen LogP contribution in [0.1, 0.15) is 51.3 Å². The second-order valence-electron chi connectivity index (χ2n) is 13.2. The number of pyridine rings is 2. The molecule has 2 bridgehead atoms. The molecule has 1 saturated heterocycles. The summed E-state index contributed by atoms with van der Waals surface area (Å²) in [5, 5.41) is 0.240. The summed E-state index contributed by atoms with van der Waals surface area (Å²) in [6, 6.07) is 6.34. The largest absolute Gasteiger partial charge is 0.355 e. The van der Waals surface area contributed by atoms with E-state index in [0.717, 1.165) is 5.56 Å². The van der Waals surface area contributed by atoms with Crippen molar-refractivity contribution >= 4 is 34.5 Å². The Morgan fingerprint density at radius 3 is 2.51 bits per heavy atom. The predicted octanol–water partition coefficient (Wildman–Crippen LogP) is 5.29. The predicted molar refractivity (Wildman–Crippen MR) is 185 cm³/mol. The minimum atomic E-state index is -0.849. The molecule has 1 aromatic carbocycles. The van der Waals surface area contributed by atoms with Gasteiger partial charge in [-0.1, -0.05) is 26.5 Å². The average Bonchev–Trinajstić information content (AvgIpc) is 3.06. The number of aryl methyl sites for hydroxylation is 1. The van der Waals surface area contributed by atoms with Crippen molar-refractivity contribution in [3.63, 3.8) is 0 Å². The number of urea groups is 1. The maximum absolute atomic E-state index is 16.6. The van der Waals surface area contributed by atoms with Gasteiger partial charge in [0.05, 0.1) is 28.0 Å². The van der Waals surface area contributed by atoms with Gasteiger partial charge in [0.25, 0.3) is 0 Å². The van der Waals surface area contributed by atoms with E-state index in [1.54, 1.807) is 31.3 Å². The summed E-state index contributed by atoms with van der Waals surface area (Å²) in [6.45, 7) is 12.1. The smallest absolute Gasteiger partial charge is 0.349 e. The number of nitrogens with zero attached hydrogens (tertiary/aromatic N) is 8. The summed E-state index contributed by atoms with van der Waals surface area (Å²) in [5.41, 5.74) is 0.935. The number of fused-ring (bicyclic) bond motifs is 5. The molecule has 0 N–H and O–H groups in total. The fraction of sp³-hybridized carbons (Fsp3) is 0.389. The van der Waals surface area contributed by atoms with Crippen LogP contribution in [0.4, 0.5) is 25.1 Å². The first-order valence-corrected chi connectivity index (χ1v) is 16.4. The van der Waals surface area contributed by atoms with Crippen molar-refractivity contribution < 1.29 is 18.4 Å². The van der Waals surface area contributed by atoms with Crippen molar-refractivity contribution in [3.05, 3.63) is 82.6 Å². The second-order valence-corrected chi connectivity index (χ2v) is 13.2. The minimum absolute atomic E-state index is 0.0762. The fourth-order valence-corrected chi connectivity index (χ4v) is 6.90. The molecule has 256 valence electrons. The summed E-state index contributed by atoms with van der Waals surface area (Å²) in [6.07, 6.45) is 3.84. The quantitative estimate of drug-likeness (QED) is 0.273. The van der Waals surface area contributed by atoms with Gasteiger partial charge in [-0.15, -0.1) is 0 Å². The van der Waals surface area contributed by atoms with Crippen LogP contribution in [0.2, 0.25) is 0 Å². The van der Waals surface area contributed by atoms with Gasteiger partial charge in [0.2, 0.25) is 5.91 Å². The standard InChI is InChI=1S/C36H40F2N8O3/c1-8-28(47)44-18-22(5)45(19-21(44)4)33-24-17-26(38)31-29-25(37)12-9-13-27(29)43(36(49)42(6)7)16-10-11-23-14-15-39-30(20(2)3)32(23)46(34(24)40-31)35(48)41-33/h8-9,12-15,17,20-22H,1,10-11,16,18-19H2,2-7H3/t21-,22+/m1/s1. The number of rotatable bonds is 3. The SMILES string of the molecule is C=CC(=O)N1C[C@H](C)N(c2nc(=O)n3c4nc(c(F)cc24)-c2c(F)cccc2N(C(=O)N(C)C)CCCc2ccnc(C(C)C)c2-3)C[C@H]1C. The summed E-state index contributed by atoms with van der Waals surface area (Å²) in [7, 11) is 3.20. The van der Waals surface area contributed by atoms with Crippen LogP contribution >= 0.6 is 0 Å². The van der Waals surface area contributed by atoms with Gasteiger partial charge in [0.1, 0.15) is 17.3 Å². The number of hydrogen-bond acceptors (Lipinski definition) is 7. The zero-order valence-corrected chi connectivity index (χ0v) is 28.6. The van der Waals surface area contributed by atoms with E-state index >= 15 is 8.78 Å². The summed E-state index contributed by atoms with van der Waals surface area (Å²) in [4.78, 5) is 60.9. The molecule has 2 atom stereocenters. The number of aromatic nitrogens is 4. The Bertz CT molecular complexity index is 2050. The summed E-state index contributed by atoms with van der Waals surface area (Å²) >= 11 is 0. The maximum Gasteiger partial charge on any atom is 0.355 e. The number of anilines is 2. The molecule has 3 aromatic heterocycles. The van der Waals surface area contributed by atoms with Crippen LogP contribution in [0, 0.1) is 11.6 Å². The van der Waals surface area contributed by atoms with Crippen molar-refractivity contribution in [2.75, 3.05) is 43.5 Å². The molecule has 0 saturated carbocycles. The van der Waals surface area contributed by atoms with Gasteiger partial charge in [0, 0.05) is 52.0 Å². The lowest BCUT2D eigenvalue weighted by atomic mass is 9.99. The molecule has 49 heavy (non-hydrogen) atoms. The highest BCUT2D eigenvalue weighted by Crippen LogP contribution is 2.39. The number of carbonyl (C=O) groups is 2. The van der Waals surface area contributed by atoms with Crippen molar-refractivity contribution in [1.29, 1.82) is 0 Å². The summed E-state index contributed by atoms with van der Waals surface area (Å²) in [5.74, 6) is -1.74. The molecule has 4 aromatic rings. The minimum Gasteiger partial charge on any atom is -0.349 e. The molecule has 5 heterocycles. The lowest BCUT2D eigenvalue weighted by Crippen LogP contribution is -2.58. The van der Waals surface area contributed by atoms with E-state index in [1.165, 1.54) is 38.6 Å². The number of halogens is 2.